The van der Waals surface area contributed by atoms with Gasteiger partial charge in [-0.3, -0.25) is 4.79 Å². The van der Waals surface area contributed by atoms with Gasteiger partial charge < -0.3 is 5.73 Å². The molecule has 0 fully saturated rings. The Labute approximate surface area is 54.0 Å². The zero-order chi connectivity index (χ0) is 6.69. The van der Waals surface area contributed by atoms with E-state index >= 15 is 0 Å². The van der Waals surface area contributed by atoms with Crippen LogP contribution in [0, 0.1) is 0 Å². The molecular weight excluding hydrogens is 114 g/mol. The molecule has 1 aliphatic rings. The number of nitrogens with two attached hydrogens (primary N) is 1. The van der Waals surface area contributed by atoms with Crippen LogP contribution in [0.3, 0.4) is 0 Å². The first-order valence-corrected chi connectivity index (χ1v) is 2.97. The van der Waals surface area contributed by atoms with Crippen LogP contribution in [0.5, 0.6) is 0 Å². The van der Waals surface area contributed by atoms with Gasteiger partial charge in [-0.25, -0.2) is 0 Å². The van der Waals surface area contributed by atoms with Crippen LogP contribution in [0.15, 0.2) is 23.8 Å². The predicted octanol–water partition coefficient (Wildman–Crippen LogP) is 0.748. The van der Waals surface area contributed by atoms with Crippen LogP contribution in [0.25, 0.3) is 0 Å². The van der Waals surface area contributed by atoms with Crippen LogP contribution >= 0.6 is 0 Å². The number of primary amides is 1. The third-order valence-corrected chi connectivity index (χ3v) is 1.28. The van der Waals surface area contributed by atoms with Crippen molar-refractivity contribution in [1.29, 1.82) is 0 Å². The summed E-state index contributed by atoms with van der Waals surface area (Å²) < 4.78 is 0. The second-order valence-electron chi connectivity index (χ2n) is 2.00. The van der Waals surface area contributed by atoms with Crippen LogP contribution in [0.4, 0.5) is 0 Å². The van der Waals surface area contributed by atoms with E-state index in [1.807, 2.05) is 12.2 Å². The standard InChI is InChI=1S/C7H9NO/c8-7(9)6-4-2-1-3-5-6/h2,4-5H,1,3H2,(H2,8,9). The molecular formula is C7H9NO. The molecule has 9 heavy (non-hydrogen) atoms. The quantitative estimate of drug-likeness (QED) is 0.549. The third-order valence-electron chi connectivity index (χ3n) is 1.28. The van der Waals surface area contributed by atoms with Gasteiger partial charge >= 0.3 is 0 Å². The van der Waals surface area contributed by atoms with E-state index in [-0.39, 0.29) is 5.91 Å². The Balaban J connectivity index is 2.69. The highest BCUT2D eigenvalue weighted by atomic mass is 16.1. The van der Waals surface area contributed by atoms with Gasteiger partial charge in [-0.2, -0.15) is 0 Å². The zero-order valence-electron chi connectivity index (χ0n) is 5.13. The number of hydrogen-bond donors (Lipinski definition) is 1. The Morgan fingerprint density at radius 1 is 1.56 bits per heavy atom. The molecule has 48 valence electrons. The molecule has 0 spiro atoms. The topological polar surface area (TPSA) is 43.1 Å². The van der Waals surface area contributed by atoms with Gasteiger partial charge in [0.05, 0.1) is 0 Å². The molecule has 0 radical (unpaired) electrons. The number of hydrogen-bond acceptors (Lipinski definition) is 1. The molecule has 1 rings (SSSR count). The largest absolute Gasteiger partial charge is 0.366 e. The fourth-order valence-electron chi connectivity index (χ4n) is 0.796. The van der Waals surface area contributed by atoms with Gasteiger partial charge in [-0.1, -0.05) is 18.2 Å². The minimum Gasteiger partial charge on any atom is -0.366 e. The first-order valence-electron chi connectivity index (χ1n) is 2.97. The molecule has 0 bridgehead atoms. The van der Waals surface area contributed by atoms with E-state index in [1.165, 1.54) is 0 Å². The predicted molar refractivity (Wildman–Crippen MR) is 35.7 cm³/mol. The maximum absolute atomic E-state index is 10.5. The van der Waals surface area contributed by atoms with Gasteiger partial charge in [0.15, 0.2) is 0 Å². The second-order valence-corrected chi connectivity index (χ2v) is 2.00. The number of carbonyl (C=O) groups is 1. The molecule has 1 aliphatic carbocycles. The molecule has 1 amide bonds. The lowest BCUT2D eigenvalue weighted by Crippen LogP contribution is -2.13. The average molecular weight is 123 g/mol. The molecule has 0 aliphatic heterocycles. The van der Waals surface area contributed by atoms with Crippen molar-refractivity contribution < 1.29 is 4.79 Å². The van der Waals surface area contributed by atoms with Crippen molar-refractivity contribution in [1.82, 2.24) is 0 Å². The lowest BCUT2D eigenvalue weighted by Gasteiger charge is -1.99. The second kappa shape index (κ2) is 2.49. The van der Waals surface area contributed by atoms with Gasteiger partial charge in [0.1, 0.15) is 0 Å². The molecule has 0 unspecified atom stereocenters. The van der Waals surface area contributed by atoms with Crippen molar-refractivity contribution in [2.75, 3.05) is 0 Å². The average Bonchev–Trinajstić information content (AvgIpc) is 1.90. The molecule has 0 aromatic heterocycles. The number of amides is 1. The van der Waals surface area contributed by atoms with Crippen molar-refractivity contribution in [3.63, 3.8) is 0 Å². The van der Waals surface area contributed by atoms with E-state index < -0.39 is 0 Å². The van der Waals surface area contributed by atoms with E-state index in [0.29, 0.717) is 5.57 Å². The molecule has 2 nitrogen and oxygen atoms in total. The summed E-state index contributed by atoms with van der Waals surface area (Å²) in [6, 6.07) is 0. The normalized spacial score (nSPS) is 17.1. The molecule has 0 aromatic carbocycles. The van der Waals surface area contributed by atoms with Crippen LogP contribution in [0.2, 0.25) is 0 Å². The van der Waals surface area contributed by atoms with Crippen LogP contribution in [0.1, 0.15) is 12.8 Å². The van der Waals surface area contributed by atoms with Crippen molar-refractivity contribution in [3.8, 4) is 0 Å². The minimum atomic E-state index is -0.328. The molecule has 0 heterocycles. The first kappa shape index (κ1) is 6.08. The third kappa shape index (κ3) is 1.42. The highest BCUT2D eigenvalue weighted by Gasteiger charge is 2.01. The van der Waals surface area contributed by atoms with E-state index in [0.717, 1.165) is 12.8 Å². The Morgan fingerprint density at radius 2 is 2.33 bits per heavy atom. The fourth-order valence-corrected chi connectivity index (χ4v) is 0.796. The highest BCUT2D eigenvalue weighted by Crippen LogP contribution is 2.07. The smallest absolute Gasteiger partial charge is 0.248 e. The zero-order valence-corrected chi connectivity index (χ0v) is 5.13. The summed E-state index contributed by atoms with van der Waals surface area (Å²) in [7, 11) is 0. The lowest BCUT2D eigenvalue weighted by molar-refractivity contribution is -0.114. The van der Waals surface area contributed by atoms with Crippen LogP contribution < -0.4 is 5.73 Å². The van der Waals surface area contributed by atoms with E-state index in [1.54, 1.807) is 6.08 Å². The number of carbonyl (C=O) groups excluding carboxylic acids is 1. The van der Waals surface area contributed by atoms with Crippen LogP contribution in [-0.2, 0) is 4.79 Å². The maximum Gasteiger partial charge on any atom is 0.248 e. The van der Waals surface area contributed by atoms with Gasteiger partial charge in [-0.05, 0) is 12.8 Å². The molecule has 0 aromatic rings. The fraction of sp³-hybridized carbons (Fsp3) is 0.286. The van der Waals surface area contributed by atoms with Crippen molar-refractivity contribution >= 4 is 5.91 Å². The Bertz CT molecular complexity index is 179. The van der Waals surface area contributed by atoms with Gasteiger partial charge in [0.25, 0.3) is 0 Å². The SMILES string of the molecule is NC(=O)C1=CCCC=C1. The molecule has 2 heteroatoms. The summed E-state index contributed by atoms with van der Waals surface area (Å²) in [4.78, 5) is 10.5. The Kier molecular flexibility index (Phi) is 1.68. The Hall–Kier alpha value is -1.05. The Morgan fingerprint density at radius 3 is 2.67 bits per heavy atom. The minimum absolute atomic E-state index is 0.328. The summed E-state index contributed by atoms with van der Waals surface area (Å²) in [5.74, 6) is -0.328. The van der Waals surface area contributed by atoms with E-state index in [2.05, 4.69) is 0 Å². The summed E-state index contributed by atoms with van der Waals surface area (Å²) in [5, 5.41) is 0. The van der Waals surface area contributed by atoms with Crippen molar-refractivity contribution in [2.45, 2.75) is 12.8 Å². The highest BCUT2D eigenvalue weighted by molar-refractivity contribution is 5.94. The maximum atomic E-state index is 10.5. The van der Waals surface area contributed by atoms with Gasteiger partial charge in [-0.15, -0.1) is 0 Å². The van der Waals surface area contributed by atoms with E-state index in [4.69, 9.17) is 5.73 Å². The lowest BCUT2D eigenvalue weighted by atomic mass is 10.1. The number of rotatable bonds is 1. The molecule has 0 saturated carbocycles. The molecule has 0 atom stereocenters. The number of allylic oxidation sites excluding steroid dienone is 2. The molecule has 2 N–H and O–H groups in total. The molecule has 0 saturated heterocycles. The van der Waals surface area contributed by atoms with Crippen LogP contribution in [-0.4, -0.2) is 5.91 Å². The summed E-state index contributed by atoms with van der Waals surface area (Å²) in [5.41, 5.74) is 5.65. The summed E-state index contributed by atoms with van der Waals surface area (Å²) in [6.07, 6.45) is 7.56. The van der Waals surface area contributed by atoms with E-state index in [9.17, 15) is 4.79 Å². The van der Waals surface area contributed by atoms with Gasteiger partial charge in [0, 0.05) is 5.57 Å². The summed E-state index contributed by atoms with van der Waals surface area (Å²) >= 11 is 0. The van der Waals surface area contributed by atoms with Gasteiger partial charge in [0.2, 0.25) is 5.91 Å². The van der Waals surface area contributed by atoms with Crippen molar-refractivity contribution in [3.05, 3.63) is 23.8 Å². The summed E-state index contributed by atoms with van der Waals surface area (Å²) in [6.45, 7) is 0. The first-order chi connectivity index (χ1) is 4.30. The van der Waals surface area contributed by atoms with Crippen molar-refractivity contribution in [2.24, 2.45) is 5.73 Å². The monoisotopic (exact) mass is 123 g/mol.